The summed E-state index contributed by atoms with van der Waals surface area (Å²) in [4.78, 5) is 22.4. The molecular formula is C10H13N3O3. The van der Waals surface area contributed by atoms with Crippen LogP contribution in [0.15, 0.2) is 25.0 Å². The van der Waals surface area contributed by atoms with Gasteiger partial charge in [0.15, 0.2) is 0 Å². The van der Waals surface area contributed by atoms with Gasteiger partial charge in [-0.1, -0.05) is 6.08 Å². The quantitative estimate of drug-likeness (QED) is 0.697. The molecule has 1 aromatic heterocycles. The highest BCUT2D eigenvalue weighted by Crippen LogP contribution is 1.99. The number of nitrogens with one attached hydrogen (secondary N) is 1. The Morgan fingerprint density at radius 3 is 2.88 bits per heavy atom. The number of carbonyl (C=O) groups excluding carboxylic acids is 1. The summed E-state index contributed by atoms with van der Waals surface area (Å²) in [7, 11) is 1.68. The van der Waals surface area contributed by atoms with E-state index in [4.69, 9.17) is 5.11 Å². The van der Waals surface area contributed by atoms with Crippen molar-refractivity contribution in [3.8, 4) is 0 Å². The van der Waals surface area contributed by atoms with Crippen LogP contribution in [0.4, 0.5) is 0 Å². The highest BCUT2D eigenvalue weighted by atomic mass is 16.4. The first-order valence-corrected chi connectivity index (χ1v) is 4.67. The fourth-order valence-corrected chi connectivity index (χ4v) is 1.17. The third-order valence-corrected chi connectivity index (χ3v) is 1.97. The molecule has 0 aliphatic carbocycles. The Morgan fingerprint density at radius 1 is 1.75 bits per heavy atom. The van der Waals surface area contributed by atoms with E-state index in [9.17, 15) is 9.59 Å². The van der Waals surface area contributed by atoms with E-state index in [2.05, 4.69) is 17.0 Å². The summed E-state index contributed by atoms with van der Waals surface area (Å²) in [5.74, 6) is -1.54. The largest absolute Gasteiger partial charge is 0.480 e. The summed E-state index contributed by atoms with van der Waals surface area (Å²) in [6.45, 7) is 3.44. The van der Waals surface area contributed by atoms with Gasteiger partial charge in [0.05, 0.1) is 11.8 Å². The Labute approximate surface area is 92.6 Å². The molecule has 6 nitrogen and oxygen atoms in total. The number of carbonyl (C=O) groups is 2. The zero-order valence-corrected chi connectivity index (χ0v) is 8.88. The van der Waals surface area contributed by atoms with Crippen molar-refractivity contribution >= 4 is 11.9 Å². The van der Waals surface area contributed by atoms with E-state index in [0.29, 0.717) is 5.56 Å². The number of carboxylic acid groups (broad SMARTS) is 1. The maximum atomic E-state index is 11.6. The molecule has 1 aromatic rings. The van der Waals surface area contributed by atoms with Gasteiger partial charge < -0.3 is 10.4 Å². The van der Waals surface area contributed by atoms with E-state index < -0.39 is 17.9 Å². The fourth-order valence-electron chi connectivity index (χ4n) is 1.17. The van der Waals surface area contributed by atoms with Crippen LogP contribution in [0.25, 0.3) is 0 Å². The van der Waals surface area contributed by atoms with Crippen LogP contribution in [-0.2, 0) is 11.8 Å². The van der Waals surface area contributed by atoms with Crippen LogP contribution in [0.1, 0.15) is 16.8 Å². The molecule has 0 spiro atoms. The number of hydrogen-bond acceptors (Lipinski definition) is 3. The SMILES string of the molecule is C=CCC(NC(=O)c1cnn(C)c1)C(=O)O. The second-order valence-corrected chi connectivity index (χ2v) is 3.29. The van der Waals surface area contributed by atoms with Gasteiger partial charge in [-0.25, -0.2) is 4.79 Å². The standard InChI is InChI=1S/C10H13N3O3/c1-3-4-8(10(15)16)12-9(14)7-5-11-13(2)6-7/h3,5-6,8H,1,4H2,2H3,(H,12,14)(H,15,16). The number of nitrogens with zero attached hydrogens (tertiary/aromatic N) is 2. The first-order chi connectivity index (χ1) is 7.54. The Kier molecular flexibility index (Phi) is 3.82. The van der Waals surface area contributed by atoms with E-state index in [-0.39, 0.29) is 6.42 Å². The molecule has 1 heterocycles. The van der Waals surface area contributed by atoms with Crippen molar-refractivity contribution in [2.24, 2.45) is 7.05 Å². The molecule has 0 aliphatic heterocycles. The zero-order valence-electron chi connectivity index (χ0n) is 8.88. The Hall–Kier alpha value is -2.11. The van der Waals surface area contributed by atoms with Crippen LogP contribution >= 0.6 is 0 Å². The Morgan fingerprint density at radius 2 is 2.44 bits per heavy atom. The molecule has 1 rings (SSSR count). The molecule has 6 heteroatoms. The highest BCUT2D eigenvalue weighted by Gasteiger charge is 2.19. The van der Waals surface area contributed by atoms with Crippen molar-refractivity contribution in [3.63, 3.8) is 0 Å². The summed E-state index contributed by atoms with van der Waals surface area (Å²) in [5, 5.41) is 15.0. The number of rotatable bonds is 5. The van der Waals surface area contributed by atoms with Crippen molar-refractivity contribution < 1.29 is 14.7 Å². The van der Waals surface area contributed by atoms with Gasteiger partial charge in [-0.05, 0) is 6.42 Å². The minimum absolute atomic E-state index is 0.182. The monoisotopic (exact) mass is 223 g/mol. The summed E-state index contributed by atoms with van der Waals surface area (Å²) in [6.07, 6.45) is 4.52. The number of aryl methyl sites for hydroxylation is 1. The third-order valence-electron chi connectivity index (χ3n) is 1.97. The second kappa shape index (κ2) is 5.11. The number of aromatic nitrogens is 2. The predicted octanol–water partition coefficient (Wildman–Crippen LogP) is 0.179. The van der Waals surface area contributed by atoms with Gasteiger partial charge in [0.2, 0.25) is 0 Å². The average molecular weight is 223 g/mol. The summed E-state index contributed by atoms with van der Waals surface area (Å²) in [6, 6.07) is -0.954. The topological polar surface area (TPSA) is 84.2 Å². The maximum Gasteiger partial charge on any atom is 0.326 e. The smallest absolute Gasteiger partial charge is 0.326 e. The van der Waals surface area contributed by atoms with Gasteiger partial charge in [0.25, 0.3) is 5.91 Å². The molecule has 0 fully saturated rings. The van der Waals surface area contributed by atoms with Gasteiger partial charge in [-0.3, -0.25) is 9.48 Å². The van der Waals surface area contributed by atoms with E-state index in [1.165, 1.54) is 23.2 Å². The normalized spacial score (nSPS) is 11.8. The Bertz CT molecular complexity index is 411. The fraction of sp³-hybridized carbons (Fsp3) is 0.300. The number of aliphatic carboxylic acids is 1. The van der Waals surface area contributed by atoms with Crippen molar-refractivity contribution in [3.05, 3.63) is 30.6 Å². The summed E-state index contributed by atoms with van der Waals surface area (Å²) < 4.78 is 1.47. The Balaban J connectivity index is 2.68. The highest BCUT2D eigenvalue weighted by molar-refractivity contribution is 5.96. The average Bonchev–Trinajstić information content (AvgIpc) is 2.64. The summed E-state index contributed by atoms with van der Waals surface area (Å²) in [5.41, 5.74) is 0.331. The van der Waals surface area contributed by atoms with E-state index in [1.54, 1.807) is 7.05 Å². The van der Waals surface area contributed by atoms with Crippen LogP contribution in [0.2, 0.25) is 0 Å². The second-order valence-electron chi connectivity index (χ2n) is 3.29. The van der Waals surface area contributed by atoms with Gasteiger partial charge in [-0.2, -0.15) is 5.10 Å². The lowest BCUT2D eigenvalue weighted by atomic mass is 10.2. The first kappa shape index (κ1) is 12.0. The van der Waals surface area contributed by atoms with Crippen LogP contribution in [0.3, 0.4) is 0 Å². The van der Waals surface area contributed by atoms with Crippen molar-refractivity contribution in [2.45, 2.75) is 12.5 Å². The molecule has 0 radical (unpaired) electrons. The molecule has 1 unspecified atom stereocenters. The van der Waals surface area contributed by atoms with E-state index in [0.717, 1.165) is 0 Å². The van der Waals surface area contributed by atoms with Gasteiger partial charge in [0.1, 0.15) is 6.04 Å². The van der Waals surface area contributed by atoms with Crippen LogP contribution in [0.5, 0.6) is 0 Å². The lowest BCUT2D eigenvalue weighted by molar-refractivity contribution is -0.139. The van der Waals surface area contributed by atoms with Crippen LogP contribution in [-0.4, -0.2) is 32.8 Å². The molecule has 0 aliphatic rings. The van der Waals surface area contributed by atoms with Crippen molar-refractivity contribution in [1.29, 1.82) is 0 Å². The van der Waals surface area contributed by atoms with Gasteiger partial charge >= 0.3 is 5.97 Å². The van der Waals surface area contributed by atoms with E-state index >= 15 is 0 Å². The predicted molar refractivity (Wildman–Crippen MR) is 56.9 cm³/mol. The number of carboxylic acids is 1. The first-order valence-electron chi connectivity index (χ1n) is 4.67. The van der Waals surface area contributed by atoms with Crippen molar-refractivity contribution in [2.75, 3.05) is 0 Å². The third kappa shape index (κ3) is 2.94. The van der Waals surface area contributed by atoms with E-state index in [1.807, 2.05) is 0 Å². The molecule has 0 bridgehead atoms. The minimum Gasteiger partial charge on any atom is -0.480 e. The van der Waals surface area contributed by atoms with Crippen LogP contribution in [0, 0.1) is 0 Å². The maximum absolute atomic E-state index is 11.6. The molecule has 1 atom stereocenters. The van der Waals surface area contributed by atoms with Crippen LogP contribution < -0.4 is 5.32 Å². The molecule has 86 valence electrons. The molecule has 1 amide bonds. The number of amides is 1. The molecule has 0 aromatic carbocycles. The molecular weight excluding hydrogens is 210 g/mol. The summed E-state index contributed by atoms with van der Waals surface area (Å²) >= 11 is 0. The van der Waals surface area contributed by atoms with Gasteiger partial charge in [0, 0.05) is 13.2 Å². The van der Waals surface area contributed by atoms with Gasteiger partial charge in [-0.15, -0.1) is 6.58 Å². The molecule has 0 saturated carbocycles. The molecule has 2 N–H and O–H groups in total. The lowest BCUT2D eigenvalue weighted by Gasteiger charge is -2.11. The van der Waals surface area contributed by atoms with Crippen molar-refractivity contribution in [1.82, 2.24) is 15.1 Å². The molecule has 16 heavy (non-hydrogen) atoms. The zero-order chi connectivity index (χ0) is 12.1. The minimum atomic E-state index is -1.09. The number of hydrogen-bond donors (Lipinski definition) is 2. The lowest BCUT2D eigenvalue weighted by Crippen LogP contribution is -2.40. The molecule has 0 saturated heterocycles.